The lowest BCUT2D eigenvalue weighted by Crippen LogP contribution is -2.27. The highest BCUT2D eigenvalue weighted by Crippen LogP contribution is 2.15. The predicted molar refractivity (Wildman–Crippen MR) is 83.5 cm³/mol. The fraction of sp³-hybridized carbons (Fsp3) is 0.500. The van der Waals surface area contributed by atoms with E-state index in [1.54, 1.807) is 24.3 Å². The van der Waals surface area contributed by atoms with Gasteiger partial charge in [0, 0.05) is 6.42 Å². The molecule has 1 aromatic rings. The van der Waals surface area contributed by atoms with Crippen LogP contribution in [0.15, 0.2) is 24.3 Å². The number of carbonyl (C=O) groups is 2. The second kappa shape index (κ2) is 10.2. The standard InChI is InChI=1S/C16H22ClNO3/c1-2-3-4-5-10-15(19)18-11-12-21-16(20)13-8-6-7-9-14(13)17/h6-9H,2-5,10-12H2,1H3,(H,18,19). The second-order valence-electron chi connectivity index (χ2n) is 4.78. The van der Waals surface area contributed by atoms with Gasteiger partial charge in [0.15, 0.2) is 0 Å². The highest BCUT2D eigenvalue weighted by Gasteiger charge is 2.10. The minimum atomic E-state index is -0.474. The Balaban J connectivity index is 2.15. The molecule has 1 amide bonds. The fourth-order valence-corrected chi connectivity index (χ4v) is 2.05. The zero-order valence-electron chi connectivity index (χ0n) is 12.4. The monoisotopic (exact) mass is 311 g/mol. The van der Waals surface area contributed by atoms with Crippen molar-refractivity contribution in [3.05, 3.63) is 34.9 Å². The van der Waals surface area contributed by atoms with Gasteiger partial charge in [-0.2, -0.15) is 0 Å². The molecule has 1 aromatic carbocycles. The number of nitrogens with one attached hydrogen (secondary N) is 1. The minimum absolute atomic E-state index is 0.0000967. The van der Waals surface area contributed by atoms with Crippen LogP contribution in [0, 0.1) is 0 Å². The summed E-state index contributed by atoms with van der Waals surface area (Å²) in [5, 5.41) is 3.10. The van der Waals surface area contributed by atoms with Crippen molar-refractivity contribution in [1.82, 2.24) is 5.32 Å². The molecule has 0 unspecified atom stereocenters. The largest absolute Gasteiger partial charge is 0.460 e. The van der Waals surface area contributed by atoms with Gasteiger partial charge in [-0.05, 0) is 18.6 Å². The molecule has 0 aliphatic rings. The number of unbranched alkanes of at least 4 members (excludes halogenated alkanes) is 3. The van der Waals surface area contributed by atoms with Crippen LogP contribution in [-0.4, -0.2) is 25.0 Å². The number of carbonyl (C=O) groups excluding carboxylic acids is 2. The number of hydrogen-bond acceptors (Lipinski definition) is 3. The number of amides is 1. The zero-order chi connectivity index (χ0) is 15.5. The van der Waals surface area contributed by atoms with Crippen molar-refractivity contribution in [1.29, 1.82) is 0 Å². The maximum Gasteiger partial charge on any atom is 0.339 e. The minimum Gasteiger partial charge on any atom is -0.460 e. The summed E-state index contributed by atoms with van der Waals surface area (Å²) in [6.07, 6.45) is 4.81. The summed E-state index contributed by atoms with van der Waals surface area (Å²) in [6, 6.07) is 6.71. The molecule has 0 fully saturated rings. The van der Waals surface area contributed by atoms with E-state index in [1.165, 1.54) is 0 Å². The Hall–Kier alpha value is -1.55. The van der Waals surface area contributed by atoms with E-state index in [2.05, 4.69) is 12.2 Å². The molecule has 0 bridgehead atoms. The van der Waals surface area contributed by atoms with Gasteiger partial charge in [-0.25, -0.2) is 4.79 Å². The number of benzene rings is 1. The van der Waals surface area contributed by atoms with Gasteiger partial charge in [-0.3, -0.25) is 4.79 Å². The molecule has 21 heavy (non-hydrogen) atoms. The number of esters is 1. The van der Waals surface area contributed by atoms with Crippen LogP contribution in [0.2, 0.25) is 5.02 Å². The van der Waals surface area contributed by atoms with Crippen LogP contribution < -0.4 is 5.32 Å². The van der Waals surface area contributed by atoms with Crippen molar-refractivity contribution >= 4 is 23.5 Å². The van der Waals surface area contributed by atoms with E-state index in [0.717, 1.165) is 25.7 Å². The summed E-state index contributed by atoms with van der Waals surface area (Å²) >= 11 is 5.89. The van der Waals surface area contributed by atoms with Gasteiger partial charge >= 0.3 is 5.97 Å². The summed E-state index contributed by atoms with van der Waals surface area (Å²) in [7, 11) is 0. The van der Waals surface area contributed by atoms with Crippen LogP contribution in [0.5, 0.6) is 0 Å². The second-order valence-corrected chi connectivity index (χ2v) is 5.18. The molecular formula is C16H22ClNO3. The average molecular weight is 312 g/mol. The van der Waals surface area contributed by atoms with Crippen LogP contribution in [0.1, 0.15) is 49.4 Å². The molecule has 0 aliphatic carbocycles. The Bertz CT molecular complexity index is 463. The molecule has 116 valence electrons. The molecule has 0 aliphatic heterocycles. The van der Waals surface area contributed by atoms with E-state index in [-0.39, 0.29) is 12.5 Å². The topological polar surface area (TPSA) is 55.4 Å². The molecule has 4 nitrogen and oxygen atoms in total. The Kier molecular flexibility index (Phi) is 8.51. The lowest BCUT2D eigenvalue weighted by atomic mass is 10.1. The fourth-order valence-electron chi connectivity index (χ4n) is 1.84. The van der Waals surface area contributed by atoms with Crippen LogP contribution in [-0.2, 0) is 9.53 Å². The molecule has 0 radical (unpaired) electrons. The Morgan fingerprint density at radius 3 is 2.67 bits per heavy atom. The lowest BCUT2D eigenvalue weighted by molar-refractivity contribution is -0.121. The van der Waals surface area contributed by atoms with Gasteiger partial charge in [0.05, 0.1) is 17.1 Å². The highest BCUT2D eigenvalue weighted by atomic mass is 35.5. The third-order valence-electron chi connectivity index (χ3n) is 3.01. The molecule has 0 saturated carbocycles. The van der Waals surface area contributed by atoms with Crippen molar-refractivity contribution in [2.75, 3.05) is 13.2 Å². The van der Waals surface area contributed by atoms with Crippen LogP contribution in [0.4, 0.5) is 0 Å². The van der Waals surface area contributed by atoms with Gasteiger partial charge in [0.25, 0.3) is 0 Å². The van der Waals surface area contributed by atoms with E-state index in [9.17, 15) is 9.59 Å². The van der Waals surface area contributed by atoms with Crippen molar-refractivity contribution in [2.45, 2.75) is 39.0 Å². The first-order chi connectivity index (χ1) is 10.1. The van der Waals surface area contributed by atoms with Crippen LogP contribution >= 0.6 is 11.6 Å². The molecule has 0 aromatic heterocycles. The quantitative estimate of drug-likeness (QED) is 0.560. The van der Waals surface area contributed by atoms with Gasteiger partial charge < -0.3 is 10.1 Å². The first-order valence-corrected chi connectivity index (χ1v) is 7.71. The molecular weight excluding hydrogens is 290 g/mol. The number of rotatable bonds is 9. The van der Waals surface area contributed by atoms with Crippen molar-refractivity contribution in [2.24, 2.45) is 0 Å². The van der Waals surface area contributed by atoms with E-state index in [4.69, 9.17) is 16.3 Å². The maximum atomic E-state index is 11.7. The van der Waals surface area contributed by atoms with Gasteiger partial charge in [0.2, 0.25) is 5.91 Å². The summed E-state index contributed by atoms with van der Waals surface area (Å²) in [4.78, 5) is 23.2. The molecule has 1 rings (SSSR count). The summed E-state index contributed by atoms with van der Waals surface area (Å²) in [5.74, 6) is -0.474. The molecule has 0 atom stereocenters. The summed E-state index contributed by atoms with van der Waals surface area (Å²) in [6.45, 7) is 2.60. The smallest absolute Gasteiger partial charge is 0.339 e. The molecule has 1 N–H and O–H groups in total. The average Bonchev–Trinajstić information content (AvgIpc) is 2.48. The zero-order valence-corrected chi connectivity index (χ0v) is 13.1. The van der Waals surface area contributed by atoms with Crippen molar-refractivity contribution < 1.29 is 14.3 Å². The Morgan fingerprint density at radius 1 is 1.19 bits per heavy atom. The van der Waals surface area contributed by atoms with Gasteiger partial charge in [-0.15, -0.1) is 0 Å². The van der Waals surface area contributed by atoms with Gasteiger partial charge in [-0.1, -0.05) is 49.9 Å². The number of halogens is 1. The van der Waals surface area contributed by atoms with E-state index >= 15 is 0 Å². The Morgan fingerprint density at radius 2 is 1.95 bits per heavy atom. The summed E-state index contributed by atoms with van der Waals surface area (Å²) < 4.78 is 5.06. The molecule has 0 heterocycles. The van der Waals surface area contributed by atoms with E-state index < -0.39 is 5.97 Å². The van der Waals surface area contributed by atoms with Crippen LogP contribution in [0.25, 0.3) is 0 Å². The van der Waals surface area contributed by atoms with Crippen molar-refractivity contribution in [3.63, 3.8) is 0 Å². The van der Waals surface area contributed by atoms with Gasteiger partial charge in [0.1, 0.15) is 6.61 Å². The third kappa shape index (κ3) is 7.14. The predicted octanol–water partition coefficient (Wildman–Crippen LogP) is 3.58. The number of hydrogen-bond donors (Lipinski definition) is 1. The summed E-state index contributed by atoms with van der Waals surface area (Å²) in [5.41, 5.74) is 0.338. The van der Waals surface area contributed by atoms with Crippen LogP contribution in [0.3, 0.4) is 0 Å². The highest BCUT2D eigenvalue weighted by molar-refractivity contribution is 6.33. The van der Waals surface area contributed by atoms with E-state index in [0.29, 0.717) is 23.6 Å². The molecule has 0 spiro atoms. The normalized spacial score (nSPS) is 10.2. The Labute approximate surface area is 130 Å². The molecule has 5 heteroatoms. The SMILES string of the molecule is CCCCCCC(=O)NCCOC(=O)c1ccccc1Cl. The van der Waals surface area contributed by atoms with E-state index in [1.807, 2.05) is 0 Å². The first kappa shape index (κ1) is 17.5. The third-order valence-corrected chi connectivity index (χ3v) is 3.34. The maximum absolute atomic E-state index is 11.7. The number of ether oxygens (including phenoxy) is 1. The molecule has 0 saturated heterocycles. The van der Waals surface area contributed by atoms with Crippen molar-refractivity contribution in [3.8, 4) is 0 Å². The lowest BCUT2D eigenvalue weighted by Gasteiger charge is -2.07. The first-order valence-electron chi connectivity index (χ1n) is 7.33.